The van der Waals surface area contributed by atoms with Crippen LogP contribution in [0.4, 0.5) is 0 Å². The van der Waals surface area contributed by atoms with Gasteiger partial charge in [-0.1, -0.05) is 60.7 Å². The molecule has 2 aliphatic rings. The molecule has 2 aliphatic heterocycles. The van der Waals surface area contributed by atoms with E-state index in [4.69, 9.17) is 11.6 Å². The summed E-state index contributed by atoms with van der Waals surface area (Å²) in [4.78, 5) is 16.2. The van der Waals surface area contributed by atoms with Crippen molar-refractivity contribution in [1.82, 2.24) is 4.90 Å². The van der Waals surface area contributed by atoms with Crippen molar-refractivity contribution in [3.8, 4) is 12.1 Å². The molecule has 1 fully saturated rings. The molecule has 4 nitrogen and oxygen atoms in total. The highest BCUT2D eigenvalue weighted by Crippen LogP contribution is 2.61. The Balaban J connectivity index is 1.85. The summed E-state index contributed by atoms with van der Waals surface area (Å²) in [6, 6.07) is 22.6. The van der Waals surface area contributed by atoms with Gasteiger partial charge in [0.2, 0.25) is 0 Å². The third-order valence-corrected chi connectivity index (χ3v) is 8.17. The summed E-state index contributed by atoms with van der Waals surface area (Å²) < 4.78 is 0. The highest BCUT2D eigenvalue weighted by atomic mass is 35.5. The van der Waals surface area contributed by atoms with Gasteiger partial charge in [-0.3, -0.25) is 4.79 Å². The van der Waals surface area contributed by atoms with E-state index >= 15 is 0 Å². The van der Waals surface area contributed by atoms with Crippen molar-refractivity contribution in [3.63, 3.8) is 0 Å². The quantitative estimate of drug-likeness (QED) is 0.298. The summed E-state index contributed by atoms with van der Waals surface area (Å²) in [6.07, 6.45) is 3.86. The Morgan fingerprint density at radius 3 is 2.33 bits per heavy atom. The number of benzene rings is 3. The number of ketones is 1. The summed E-state index contributed by atoms with van der Waals surface area (Å²) >= 11 is 6.37. The second kappa shape index (κ2) is 8.98. The van der Waals surface area contributed by atoms with Crippen LogP contribution in [0.2, 0.25) is 0 Å². The highest BCUT2D eigenvalue weighted by Gasteiger charge is 2.64. The number of carbonyl (C=O) groups is 1. The minimum atomic E-state index is -1.50. The number of alkyl halides is 1. The van der Waals surface area contributed by atoms with Crippen LogP contribution in [0.25, 0.3) is 6.08 Å². The lowest BCUT2D eigenvalue weighted by atomic mass is 9.65. The molecule has 0 unspecified atom stereocenters. The largest absolute Gasteiger partial charge is 0.357 e. The van der Waals surface area contributed by atoms with E-state index in [-0.39, 0.29) is 5.78 Å². The number of halogens is 1. The standard InChI is InChI=1S/C31H26ClN3O/c1-19-15-20(2)26(21(3)25(19)16-32)27-28(29(36)23-10-5-4-6-11-23)35-14-13-22-9-7-8-12-24(22)30(35)31(27,17-33)18-34/h4-15,27-28,30H,16H2,1-3H3/t27-,28-,30-/m1/s1. The van der Waals surface area contributed by atoms with E-state index in [1.807, 2.05) is 80.4 Å². The maximum Gasteiger partial charge on any atom is 0.185 e. The monoisotopic (exact) mass is 491 g/mol. The van der Waals surface area contributed by atoms with Crippen LogP contribution >= 0.6 is 11.6 Å². The van der Waals surface area contributed by atoms with E-state index < -0.39 is 23.4 Å². The van der Waals surface area contributed by atoms with Gasteiger partial charge in [-0.2, -0.15) is 10.5 Å². The lowest BCUT2D eigenvalue weighted by Crippen LogP contribution is -2.38. The number of nitrogens with zero attached hydrogens (tertiary/aromatic N) is 3. The molecule has 3 aromatic rings. The fraction of sp³-hybridized carbons (Fsp3) is 0.258. The summed E-state index contributed by atoms with van der Waals surface area (Å²) in [7, 11) is 0. The van der Waals surface area contributed by atoms with E-state index in [1.165, 1.54) is 0 Å². The minimum absolute atomic E-state index is 0.103. The molecule has 0 N–H and O–H groups in total. The first-order chi connectivity index (χ1) is 17.4. The molecule has 5 rings (SSSR count). The fourth-order valence-corrected chi connectivity index (χ4v) is 6.72. The molecule has 0 spiro atoms. The van der Waals surface area contributed by atoms with Gasteiger partial charge in [-0.05, 0) is 65.8 Å². The fourth-order valence-electron chi connectivity index (χ4n) is 6.31. The van der Waals surface area contributed by atoms with Crippen molar-refractivity contribution < 1.29 is 4.79 Å². The number of hydrogen-bond donors (Lipinski definition) is 0. The zero-order valence-electron chi connectivity index (χ0n) is 20.5. The summed E-state index contributed by atoms with van der Waals surface area (Å²) in [5, 5.41) is 21.6. The first-order valence-electron chi connectivity index (χ1n) is 12.0. The van der Waals surface area contributed by atoms with Crippen LogP contribution in [-0.2, 0) is 5.88 Å². The molecular weight excluding hydrogens is 466 g/mol. The van der Waals surface area contributed by atoms with Crippen LogP contribution in [-0.4, -0.2) is 16.7 Å². The second-order valence-electron chi connectivity index (χ2n) is 9.70. The number of aryl methyl sites for hydroxylation is 2. The zero-order chi connectivity index (χ0) is 25.6. The third-order valence-electron chi connectivity index (χ3n) is 7.91. The molecule has 36 heavy (non-hydrogen) atoms. The average molecular weight is 492 g/mol. The van der Waals surface area contributed by atoms with Crippen molar-refractivity contribution in [2.45, 2.75) is 44.7 Å². The Morgan fingerprint density at radius 1 is 1.00 bits per heavy atom. The van der Waals surface area contributed by atoms with Gasteiger partial charge >= 0.3 is 0 Å². The SMILES string of the molecule is Cc1cc(C)c([C@@H]2[C@H](C(=O)c3ccccc3)N3C=Cc4ccccc4[C@@H]3C2(C#N)C#N)c(C)c1CCl. The predicted molar refractivity (Wildman–Crippen MR) is 141 cm³/mol. The third kappa shape index (κ3) is 3.29. The average Bonchev–Trinajstić information content (AvgIpc) is 3.19. The molecule has 3 aromatic carbocycles. The van der Waals surface area contributed by atoms with E-state index in [0.717, 1.165) is 38.9 Å². The number of rotatable bonds is 4. The maximum absolute atomic E-state index is 14.2. The smallest absolute Gasteiger partial charge is 0.185 e. The summed E-state index contributed by atoms with van der Waals surface area (Å²) in [5.41, 5.74) is 5.73. The number of Topliss-reactive ketones (excluding diaryl/α,β-unsaturated/α-hetero) is 1. The second-order valence-corrected chi connectivity index (χ2v) is 9.97. The van der Waals surface area contributed by atoms with Gasteiger partial charge in [-0.15, -0.1) is 11.6 Å². The topological polar surface area (TPSA) is 67.9 Å². The van der Waals surface area contributed by atoms with E-state index in [0.29, 0.717) is 11.4 Å². The van der Waals surface area contributed by atoms with Crippen LogP contribution in [0.1, 0.15) is 61.3 Å². The number of fused-ring (bicyclic) bond motifs is 3. The van der Waals surface area contributed by atoms with Crippen LogP contribution in [0.5, 0.6) is 0 Å². The van der Waals surface area contributed by atoms with E-state index in [1.54, 1.807) is 12.1 Å². The lowest BCUT2D eigenvalue weighted by Gasteiger charge is -2.34. The van der Waals surface area contributed by atoms with Crippen LogP contribution in [0, 0.1) is 48.8 Å². The van der Waals surface area contributed by atoms with Crippen LogP contribution in [0.15, 0.2) is 66.9 Å². The van der Waals surface area contributed by atoms with Crippen molar-refractivity contribution in [2.75, 3.05) is 0 Å². The Bertz CT molecular complexity index is 1460. The van der Waals surface area contributed by atoms with Crippen molar-refractivity contribution in [1.29, 1.82) is 10.5 Å². The molecule has 2 heterocycles. The molecule has 0 aliphatic carbocycles. The Kier molecular flexibility index (Phi) is 5.95. The van der Waals surface area contributed by atoms with Gasteiger partial charge in [0.15, 0.2) is 11.2 Å². The molecule has 0 bridgehead atoms. The molecule has 1 saturated heterocycles. The van der Waals surface area contributed by atoms with Crippen LogP contribution in [0.3, 0.4) is 0 Å². The highest BCUT2D eigenvalue weighted by molar-refractivity contribution is 6.17. The number of carbonyl (C=O) groups excluding carboxylic acids is 1. The Hall–Kier alpha value is -3.86. The normalized spacial score (nSPS) is 21.3. The van der Waals surface area contributed by atoms with Gasteiger partial charge < -0.3 is 4.90 Å². The van der Waals surface area contributed by atoms with Crippen molar-refractivity contribution in [2.24, 2.45) is 5.41 Å². The van der Waals surface area contributed by atoms with Gasteiger partial charge in [0.1, 0.15) is 6.04 Å². The zero-order valence-corrected chi connectivity index (χ0v) is 21.3. The van der Waals surface area contributed by atoms with Crippen molar-refractivity contribution >= 4 is 23.5 Å². The molecule has 0 saturated carbocycles. The van der Waals surface area contributed by atoms with Gasteiger partial charge in [-0.25, -0.2) is 0 Å². The van der Waals surface area contributed by atoms with E-state index in [9.17, 15) is 15.3 Å². The van der Waals surface area contributed by atoms with Crippen molar-refractivity contribution in [3.05, 3.63) is 111 Å². The molecule has 3 atom stereocenters. The number of nitriles is 2. The molecule has 0 radical (unpaired) electrons. The predicted octanol–water partition coefficient (Wildman–Crippen LogP) is 6.76. The van der Waals surface area contributed by atoms with Gasteiger partial charge in [0.25, 0.3) is 0 Å². The molecule has 0 aromatic heterocycles. The number of hydrogen-bond acceptors (Lipinski definition) is 4. The maximum atomic E-state index is 14.2. The van der Waals surface area contributed by atoms with Crippen LogP contribution < -0.4 is 0 Å². The first kappa shape index (κ1) is 23.9. The first-order valence-corrected chi connectivity index (χ1v) is 12.5. The molecular formula is C31H26ClN3O. The molecule has 0 amide bonds. The Labute approximate surface area is 217 Å². The minimum Gasteiger partial charge on any atom is -0.357 e. The Morgan fingerprint density at radius 2 is 1.67 bits per heavy atom. The van der Waals surface area contributed by atoms with Gasteiger partial charge in [0.05, 0.1) is 18.2 Å². The van der Waals surface area contributed by atoms with E-state index in [2.05, 4.69) is 18.2 Å². The molecule has 178 valence electrons. The summed E-state index contributed by atoms with van der Waals surface area (Å²) in [5.74, 6) is -0.464. The van der Waals surface area contributed by atoms with Gasteiger partial charge in [0, 0.05) is 23.6 Å². The summed E-state index contributed by atoms with van der Waals surface area (Å²) in [6.45, 7) is 6.02. The molecule has 5 heteroatoms. The lowest BCUT2D eigenvalue weighted by molar-refractivity contribution is 0.0874.